The summed E-state index contributed by atoms with van der Waals surface area (Å²) in [6.45, 7) is 0.518. The SMILES string of the molecule is O=C1[C@@H]2C3C=CC(C3)[C@@H]2C(=O)N1CCBr. The molecule has 0 aromatic rings. The molecule has 3 aliphatic rings. The fourth-order valence-electron chi connectivity index (χ4n) is 3.27. The van der Waals surface area contributed by atoms with Crippen molar-refractivity contribution in [3.8, 4) is 0 Å². The number of carbonyl (C=O) groups excluding carboxylic acids is 2. The summed E-state index contributed by atoms with van der Waals surface area (Å²) in [5.74, 6) is 0.703. The van der Waals surface area contributed by atoms with Crippen LogP contribution in [-0.4, -0.2) is 28.6 Å². The minimum atomic E-state index is -0.0356. The second-order valence-corrected chi connectivity index (χ2v) is 5.31. The van der Waals surface area contributed by atoms with Gasteiger partial charge in [-0.05, 0) is 18.3 Å². The molecule has 2 amide bonds. The molecule has 1 saturated heterocycles. The van der Waals surface area contributed by atoms with Crippen LogP contribution >= 0.6 is 15.9 Å². The molecular formula is C11H12BrNO2. The number of nitrogens with zero attached hydrogens (tertiary/aromatic N) is 1. The van der Waals surface area contributed by atoms with Crippen molar-refractivity contribution in [2.75, 3.05) is 11.9 Å². The van der Waals surface area contributed by atoms with Crippen molar-refractivity contribution < 1.29 is 9.59 Å². The number of halogens is 1. The molecule has 4 heteroatoms. The number of rotatable bonds is 2. The largest absolute Gasteiger partial charge is 0.281 e. The Morgan fingerprint density at radius 1 is 1.20 bits per heavy atom. The minimum Gasteiger partial charge on any atom is -0.281 e. The number of hydrogen-bond acceptors (Lipinski definition) is 2. The van der Waals surface area contributed by atoms with Crippen LogP contribution in [0.1, 0.15) is 6.42 Å². The third kappa shape index (κ3) is 1.11. The van der Waals surface area contributed by atoms with Crippen LogP contribution in [0.3, 0.4) is 0 Å². The van der Waals surface area contributed by atoms with E-state index in [1.807, 2.05) is 0 Å². The van der Waals surface area contributed by atoms with Gasteiger partial charge in [0.05, 0.1) is 11.8 Å². The number of imide groups is 1. The Labute approximate surface area is 96.6 Å². The first kappa shape index (κ1) is 9.58. The van der Waals surface area contributed by atoms with Gasteiger partial charge in [0, 0.05) is 11.9 Å². The summed E-state index contributed by atoms with van der Waals surface area (Å²) in [5, 5.41) is 0.673. The van der Waals surface area contributed by atoms with E-state index in [0.717, 1.165) is 6.42 Å². The first-order valence-corrected chi connectivity index (χ1v) is 6.45. The number of amides is 2. The van der Waals surface area contributed by atoms with Gasteiger partial charge in [0.2, 0.25) is 11.8 Å². The van der Waals surface area contributed by atoms with Gasteiger partial charge >= 0.3 is 0 Å². The number of hydrogen-bond donors (Lipinski definition) is 0. The fraction of sp³-hybridized carbons (Fsp3) is 0.636. The molecule has 0 spiro atoms. The molecule has 1 aliphatic heterocycles. The number of fused-ring (bicyclic) bond motifs is 5. The molecule has 0 aromatic heterocycles. The van der Waals surface area contributed by atoms with Crippen LogP contribution in [0.4, 0.5) is 0 Å². The fourth-order valence-corrected chi connectivity index (χ4v) is 3.62. The van der Waals surface area contributed by atoms with Gasteiger partial charge < -0.3 is 0 Å². The summed E-state index contributed by atoms with van der Waals surface area (Å²) in [6, 6.07) is 0. The summed E-state index contributed by atoms with van der Waals surface area (Å²) in [4.78, 5) is 25.5. The summed E-state index contributed by atoms with van der Waals surface area (Å²) >= 11 is 3.28. The van der Waals surface area contributed by atoms with E-state index in [9.17, 15) is 9.59 Å². The van der Waals surface area contributed by atoms with Crippen LogP contribution in [-0.2, 0) is 9.59 Å². The number of allylic oxidation sites excluding steroid dienone is 2. The first-order valence-electron chi connectivity index (χ1n) is 5.33. The van der Waals surface area contributed by atoms with Crippen molar-refractivity contribution >= 4 is 27.7 Å². The Bertz CT molecular complexity index is 336. The summed E-state index contributed by atoms with van der Waals surface area (Å²) in [6.07, 6.45) is 5.25. The molecule has 3 rings (SSSR count). The molecule has 3 nitrogen and oxygen atoms in total. The van der Waals surface area contributed by atoms with Crippen LogP contribution in [0.15, 0.2) is 12.2 Å². The molecule has 2 bridgehead atoms. The van der Waals surface area contributed by atoms with Crippen molar-refractivity contribution in [2.45, 2.75) is 6.42 Å². The van der Waals surface area contributed by atoms with Crippen molar-refractivity contribution in [1.82, 2.24) is 4.90 Å². The lowest BCUT2D eigenvalue weighted by Crippen LogP contribution is -2.34. The standard InChI is InChI=1S/C11H12BrNO2/c12-3-4-13-10(14)8-6-1-2-7(5-6)9(8)11(13)15/h1-2,6-9H,3-5H2/t6?,7?,8-,9+. The van der Waals surface area contributed by atoms with Gasteiger partial charge in [-0.2, -0.15) is 0 Å². The molecule has 2 fully saturated rings. The zero-order valence-electron chi connectivity index (χ0n) is 8.23. The van der Waals surface area contributed by atoms with Crippen LogP contribution in [0, 0.1) is 23.7 Å². The normalized spacial score (nSPS) is 41.8. The van der Waals surface area contributed by atoms with Crippen molar-refractivity contribution in [3.63, 3.8) is 0 Å². The molecule has 2 aliphatic carbocycles. The monoisotopic (exact) mass is 269 g/mol. The predicted octanol–water partition coefficient (Wildman–Crippen LogP) is 1.19. The van der Waals surface area contributed by atoms with E-state index in [1.165, 1.54) is 4.90 Å². The molecule has 4 atom stereocenters. The van der Waals surface area contributed by atoms with Crippen LogP contribution in [0.25, 0.3) is 0 Å². The maximum Gasteiger partial charge on any atom is 0.233 e. The van der Waals surface area contributed by atoms with Gasteiger partial charge in [-0.25, -0.2) is 0 Å². The highest BCUT2D eigenvalue weighted by Crippen LogP contribution is 2.52. The molecule has 1 heterocycles. The van der Waals surface area contributed by atoms with Gasteiger partial charge in [-0.3, -0.25) is 14.5 Å². The number of alkyl halides is 1. The van der Waals surface area contributed by atoms with Crippen LogP contribution in [0.5, 0.6) is 0 Å². The second kappa shape index (κ2) is 3.17. The number of carbonyl (C=O) groups is 2. The lowest BCUT2D eigenvalue weighted by molar-refractivity contribution is -0.140. The maximum atomic E-state index is 12.0. The molecule has 15 heavy (non-hydrogen) atoms. The maximum absolute atomic E-state index is 12.0. The van der Waals surface area contributed by atoms with Gasteiger partial charge in [0.1, 0.15) is 0 Å². The van der Waals surface area contributed by atoms with Crippen molar-refractivity contribution in [2.24, 2.45) is 23.7 Å². The molecule has 80 valence electrons. The Kier molecular flexibility index (Phi) is 2.03. The van der Waals surface area contributed by atoms with Gasteiger partial charge in [-0.15, -0.1) is 0 Å². The average Bonchev–Trinajstić information content (AvgIpc) is 2.87. The van der Waals surface area contributed by atoms with E-state index in [2.05, 4.69) is 28.1 Å². The summed E-state index contributed by atoms with van der Waals surface area (Å²) in [7, 11) is 0. The highest BCUT2D eigenvalue weighted by atomic mass is 79.9. The second-order valence-electron chi connectivity index (χ2n) is 4.52. The first-order chi connectivity index (χ1) is 7.24. The Morgan fingerprint density at radius 2 is 1.73 bits per heavy atom. The molecular weight excluding hydrogens is 258 g/mol. The van der Waals surface area contributed by atoms with Gasteiger partial charge in [-0.1, -0.05) is 28.1 Å². The third-order valence-electron chi connectivity index (χ3n) is 3.87. The Hall–Kier alpha value is -0.640. The Morgan fingerprint density at radius 3 is 2.20 bits per heavy atom. The third-order valence-corrected chi connectivity index (χ3v) is 4.22. The van der Waals surface area contributed by atoms with Crippen LogP contribution < -0.4 is 0 Å². The summed E-state index contributed by atoms with van der Waals surface area (Å²) in [5.41, 5.74) is 0. The van der Waals surface area contributed by atoms with Gasteiger partial charge in [0.25, 0.3) is 0 Å². The van der Waals surface area contributed by atoms with Crippen molar-refractivity contribution in [3.05, 3.63) is 12.2 Å². The van der Waals surface area contributed by atoms with E-state index in [0.29, 0.717) is 23.7 Å². The lowest BCUT2D eigenvalue weighted by Gasteiger charge is -2.15. The molecule has 1 saturated carbocycles. The van der Waals surface area contributed by atoms with E-state index >= 15 is 0 Å². The molecule has 2 unspecified atom stereocenters. The molecule has 0 radical (unpaired) electrons. The summed E-state index contributed by atoms with van der Waals surface area (Å²) < 4.78 is 0. The zero-order valence-corrected chi connectivity index (χ0v) is 9.81. The predicted molar refractivity (Wildman–Crippen MR) is 58.2 cm³/mol. The smallest absolute Gasteiger partial charge is 0.233 e. The quantitative estimate of drug-likeness (QED) is 0.429. The highest BCUT2D eigenvalue weighted by Gasteiger charge is 2.58. The topological polar surface area (TPSA) is 37.4 Å². The van der Waals surface area contributed by atoms with E-state index in [4.69, 9.17) is 0 Å². The van der Waals surface area contributed by atoms with Crippen molar-refractivity contribution in [1.29, 1.82) is 0 Å². The molecule has 0 N–H and O–H groups in total. The zero-order chi connectivity index (χ0) is 10.6. The Balaban J connectivity index is 1.93. The minimum absolute atomic E-state index is 0.0356. The average molecular weight is 270 g/mol. The number of likely N-dealkylation sites (tertiary alicyclic amines) is 1. The van der Waals surface area contributed by atoms with E-state index in [1.54, 1.807) is 0 Å². The van der Waals surface area contributed by atoms with E-state index in [-0.39, 0.29) is 23.7 Å². The lowest BCUT2D eigenvalue weighted by atomic mass is 9.85. The highest BCUT2D eigenvalue weighted by molar-refractivity contribution is 9.09. The van der Waals surface area contributed by atoms with Crippen LogP contribution in [0.2, 0.25) is 0 Å². The molecule has 0 aromatic carbocycles. The van der Waals surface area contributed by atoms with E-state index < -0.39 is 0 Å². The van der Waals surface area contributed by atoms with Gasteiger partial charge in [0.15, 0.2) is 0 Å².